The molecule has 0 unspecified atom stereocenters. The number of aryl methyl sites for hydroxylation is 2. The molecule has 29 heavy (non-hydrogen) atoms. The summed E-state index contributed by atoms with van der Waals surface area (Å²) in [5.41, 5.74) is 3.29. The third-order valence-corrected chi connectivity index (χ3v) is 5.10. The fraction of sp³-hybridized carbons (Fsp3) is 0.333. The van der Waals surface area contributed by atoms with E-state index in [1.165, 1.54) is 24.3 Å². The van der Waals surface area contributed by atoms with Crippen LogP contribution in [0.4, 0.5) is 11.4 Å². The fourth-order valence-electron chi connectivity index (χ4n) is 3.41. The highest BCUT2D eigenvalue weighted by molar-refractivity contribution is 5.95. The topological polar surface area (TPSA) is 95.8 Å². The number of carbonyl (C=O) groups excluding carboxylic acids is 2. The number of piperazine rings is 1. The Morgan fingerprint density at radius 1 is 1.00 bits per heavy atom. The van der Waals surface area contributed by atoms with Gasteiger partial charge in [-0.15, -0.1) is 0 Å². The van der Waals surface area contributed by atoms with Crippen molar-refractivity contribution in [3.8, 4) is 0 Å². The number of carbonyl (C=O) groups is 2. The van der Waals surface area contributed by atoms with Crippen molar-refractivity contribution in [1.29, 1.82) is 0 Å². The molecule has 3 rings (SSSR count). The van der Waals surface area contributed by atoms with E-state index in [2.05, 4.69) is 5.32 Å². The number of amides is 2. The van der Waals surface area contributed by atoms with Gasteiger partial charge in [0.15, 0.2) is 0 Å². The molecule has 152 valence electrons. The second-order valence-electron chi connectivity index (χ2n) is 7.19. The Kier molecular flexibility index (Phi) is 6.23. The molecule has 1 heterocycles. The van der Waals surface area contributed by atoms with E-state index in [1.807, 2.05) is 36.9 Å². The number of benzene rings is 2. The van der Waals surface area contributed by atoms with Gasteiger partial charge in [0, 0.05) is 49.6 Å². The second kappa shape index (κ2) is 8.83. The molecule has 2 aromatic carbocycles. The summed E-state index contributed by atoms with van der Waals surface area (Å²) in [7, 11) is 0. The molecule has 0 radical (unpaired) electrons. The van der Waals surface area contributed by atoms with E-state index >= 15 is 0 Å². The van der Waals surface area contributed by atoms with Gasteiger partial charge in [0.1, 0.15) is 0 Å². The maximum Gasteiger partial charge on any atom is 0.269 e. The first-order valence-electron chi connectivity index (χ1n) is 9.47. The van der Waals surface area contributed by atoms with E-state index in [4.69, 9.17) is 0 Å². The van der Waals surface area contributed by atoms with Crippen molar-refractivity contribution in [3.05, 3.63) is 69.3 Å². The zero-order valence-corrected chi connectivity index (χ0v) is 16.6. The van der Waals surface area contributed by atoms with Crippen molar-refractivity contribution < 1.29 is 14.5 Å². The van der Waals surface area contributed by atoms with Gasteiger partial charge >= 0.3 is 0 Å². The van der Waals surface area contributed by atoms with Gasteiger partial charge < -0.3 is 10.2 Å². The number of nitrogens with zero attached hydrogens (tertiary/aromatic N) is 3. The lowest BCUT2D eigenvalue weighted by Crippen LogP contribution is -2.50. The predicted molar refractivity (Wildman–Crippen MR) is 110 cm³/mol. The van der Waals surface area contributed by atoms with Crippen LogP contribution in [-0.2, 0) is 4.79 Å². The monoisotopic (exact) mass is 396 g/mol. The molecule has 1 saturated heterocycles. The second-order valence-corrected chi connectivity index (χ2v) is 7.19. The normalized spacial score (nSPS) is 14.5. The molecule has 1 N–H and O–H groups in total. The van der Waals surface area contributed by atoms with Crippen LogP contribution in [0, 0.1) is 24.0 Å². The Labute approximate surface area is 169 Å². The lowest BCUT2D eigenvalue weighted by atomic mass is 10.1. The Hall–Kier alpha value is -3.26. The molecule has 0 aliphatic carbocycles. The molecule has 0 bridgehead atoms. The average molecular weight is 396 g/mol. The SMILES string of the molecule is Cc1cccc(C)c1NC(=O)CN1CCN(C(=O)c2ccc([N+](=O)[O-])cc2)CC1. The van der Waals surface area contributed by atoms with Gasteiger partial charge in [0.05, 0.1) is 11.5 Å². The summed E-state index contributed by atoms with van der Waals surface area (Å²) in [6.07, 6.45) is 0. The molecule has 0 aromatic heterocycles. The van der Waals surface area contributed by atoms with Crippen molar-refractivity contribution in [2.45, 2.75) is 13.8 Å². The number of hydrogen-bond acceptors (Lipinski definition) is 5. The van der Waals surface area contributed by atoms with E-state index in [0.29, 0.717) is 31.7 Å². The smallest absolute Gasteiger partial charge is 0.269 e. The van der Waals surface area contributed by atoms with Crippen molar-refractivity contribution in [3.63, 3.8) is 0 Å². The minimum Gasteiger partial charge on any atom is -0.336 e. The zero-order valence-electron chi connectivity index (χ0n) is 16.6. The summed E-state index contributed by atoms with van der Waals surface area (Å²) in [6.45, 7) is 6.40. The highest BCUT2D eigenvalue weighted by atomic mass is 16.6. The highest BCUT2D eigenvalue weighted by Gasteiger charge is 2.24. The number of nitro benzene ring substituents is 1. The molecule has 2 aromatic rings. The van der Waals surface area contributed by atoms with Crippen LogP contribution in [0.5, 0.6) is 0 Å². The highest BCUT2D eigenvalue weighted by Crippen LogP contribution is 2.19. The van der Waals surface area contributed by atoms with Crippen LogP contribution in [0.25, 0.3) is 0 Å². The van der Waals surface area contributed by atoms with E-state index in [9.17, 15) is 19.7 Å². The predicted octanol–water partition coefficient (Wildman–Crippen LogP) is 2.61. The van der Waals surface area contributed by atoms with Crippen LogP contribution in [0.15, 0.2) is 42.5 Å². The molecule has 1 fully saturated rings. The molecule has 0 spiro atoms. The van der Waals surface area contributed by atoms with Gasteiger partial charge in [-0.3, -0.25) is 24.6 Å². The molecule has 1 aliphatic heterocycles. The number of para-hydroxylation sites is 1. The quantitative estimate of drug-likeness (QED) is 0.619. The Morgan fingerprint density at radius 3 is 2.14 bits per heavy atom. The molecule has 8 nitrogen and oxygen atoms in total. The average Bonchev–Trinajstić information content (AvgIpc) is 2.71. The Morgan fingerprint density at radius 2 is 1.59 bits per heavy atom. The van der Waals surface area contributed by atoms with Crippen molar-refractivity contribution in [2.75, 3.05) is 38.0 Å². The minimum absolute atomic E-state index is 0.0405. The number of hydrogen-bond donors (Lipinski definition) is 1. The molecular weight excluding hydrogens is 372 g/mol. The van der Waals surface area contributed by atoms with E-state index in [0.717, 1.165) is 16.8 Å². The standard InChI is InChI=1S/C21H24N4O4/c1-15-4-3-5-16(2)20(15)22-19(26)14-23-10-12-24(13-11-23)21(27)17-6-8-18(9-7-17)25(28)29/h3-9H,10-14H2,1-2H3,(H,22,26). The maximum absolute atomic E-state index is 12.6. The van der Waals surface area contributed by atoms with Gasteiger partial charge in [-0.25, -0.2) is 0 Å². The number of rotatable bonds is 5. The lowest BCUT2D eigenvalue weighted by molar-refractivity contribution is -0.384. The van der Waals surface area contributed by atoms with E-state index in [1.54, 1.807) is 4.90 Å². The van der Waals surface area contributed by atoms with Gasteiger partial charge in [0.2, 0.25) is 5.91 Å². The van der Waals surface area contributed by atoms with Gasteiger partial charge in [-0.2, -0.15) is 0 Å². The van der Waals surface area contributed by atoms with Crippen molar-refractivity contribution >= 4 is 23.2 Å². The third kappa shape index (κ3) is 4.97. The van der Waals surface area contributed by atoms with Crippen LogP contribution >= 0.6 is 0 Å². The first-order valence-corrected chi connectivity index (χ1v) is 9.47. The van der Waals surface area contributed by atoms with Crippen LogP contribution in [0.3, 0.4) is 0 Å². The van der Waals surface area contributed by atoms with Crippen LogP contribution < -0.4 is 5.32 Å². The number of nitro groups is 1. The summed E-state index contributed by atoms with van der Waals surface area (Å²) in [6, 6.07) is 11.5. The molecule has 8 heteroatoms. The fourth-order valence-corrected chi connectivity index (χ4v) is 3.41. The number of anilines is 1. The van der Waals surface area contributed by atoms with Gasteiger partial charge in [0.25, 0.3) is 11.6 Å². The minimum atomic E-state index is -0.490. The third-order valence-electron chi connectivity index (χ3n) is 5.10. The summed E-state index contributed by atoms with van der Waals surface area (Å²) in [5, 5.41) is 13.7. The number of nitrogens with one attached hydrogen (secondary N) is 1. The summed E-state index contributed by atoms with van der Waals surface area (Å²) < 4.78 is 0. The van der Waals surface area contributed by atoms with Crippen LogP contribution in [0.2, 0.25) is 0 Å². The van der Waals surface area contributed by atoms with Crippen LogP contribution in [0.1, 0.15) is 21.5 Å². The van der Waals surface area contributed by atoms with E-state index < -0.39 is 4.92 Å². The maximum atomic E-state index is 12.6. The molecule has 0 atom stereocenters. The number of non-ortho nitro benzene ring substituents is 1. The summed E-state index contributed by atoms with van der Waals surface area (Å²) in [5.74, 6) is -0.225. The summed E-state index contributed by atoms with van der Waals surface area (Å²) in [4.78, 5) is 39.0. The van der Waals surface area contributed by atoms with Gasteiger partial charge in [-0.1, -0.05) is 18.2 Å². The van der Waals surface area contributed by atoms with E-state index in [-0.39, 0.29) is 24.0 Å². The largest absolute Gasteiger partial charge is 0.336 e. The summed E-state index contributed by atoms with van der Waals surface area (Å²) >= 11 is 0. The van der Waals surface area contributed by atoms with Crippen molar-refractivity contribution in [2.24, 2.45) is 0 Å². The zero-order chi connectivity index (χ0) is 21.0. The first-order chi connectivity index (χ1) is 13.8. The molecule has 1 aliphatic rings. The van der Waals surface area contributed by atoms with Crippen molar-refractivity contribution in [1.82, 2.24) is 9.80 Å². The Bertz CT molecular complexity index is 899. The van der Waals surface area contributed by atoms with Crippen LogP contribution in [-0.4, -0.2) is 59.3 Å². The lowest BCUT2D eigenvalue weighted by Gasteiger charge is -2.34. The van der Waals surface area contributed by atoms with Gasteiger partial charge in [-0.05, 0) is 37.1 Å². The first kappa shape index (κ1) is 20.5. The molecule has 2 amide bonds. The molecule has 0 saturated carbocycles. The Balaban J connectivity index is 1.51. The molecular formula is C21H24N4O4.